The first-order chi connectivity index (χ1) is 13.0. The first kappa shape index (κ1) is 18.5. The molecule has 27 heavy (non-hydrogen) atoms. The van der Waals surface area contributed by atoms with Gasteiger partial charge in [0.15, 0.2) is 6.04 Å². The normalized spacial score (nSPS) is 21.2. The lowest BCUT2D eigenvalue weighted by Crippen LogP contribution is -3.19. The summed E-state index contributed by atoms with van der Waals surface area (Å²) < 4.78 is 0.853. The zero-order chi connectivity index (χ0) is 19.0. The second kappa shape index (κ2) is 7.62. The molecule has 5 nitrogen and oxygen atoms in total. The Balaban J connectivity index is 1.44. The van der Waals surface area contributed by atoms with E-state index in [0.29, 0.717) is 5.69 Å². The summed E-state index contributed by atoms with van der Waals surface area (Å²) in [7, 11) is 0. The lowest BCUT2D eigenvalue weighted by Gasteiger charge is -2.35. The number of benzene rings is 2. The van der Waals surface area contributed by atoms with E-state index in [1.165, 1.54) is 9.80 Å². The Morgan fingerprint density at radius 3 is 2.41 bits per heavy atom. The minimum absolute atomic E-state index is 0.0932. The average Bonchev–Trinajstić information content (AvgIpc) is 2.96. The molecule has 2 amide bonds. The maximum Gasteiger partial charge on any atom is 0.292 e. The van der Waals surface area contributed by atoms with Gasteiger partial charge in [0.05, 0.1) is 38.3 Å². The first-order valence-electron chi connectivity index (χ1n) is 9.00. The highest BCUT2D eigenvalue weighted by Gasteiger charge is 2.46. The zero-order valence-corrected chi connectivity index (χ0v) is 17.0. The van der Waals surface area contributed by atoms with E-state index in [2.05, 4.69) is 26.9 Å². The molecule has 4 rings (SSSR count). The molecular formula is C20H20BrClN3O2+. The molecule has 2 aliphatic heterocycles. The van der Waals surface area contributed by atoms with Gasteiger partial charge in [-0.25, -0.2) is 4.90 Å². The van der Waals surface area contributed by atoms with Crippen LogP contribution in [-0.4, -0.2) is 44.0 Å². The van der Waals surface area contributed by atoms with Gasteiger partial charge in [-0.15, -0.1) is 0 Å². The predicted molar refractivity (Wildman–Crippen MR) is 109 cm³/mol. The first-order valence-corrected chi connectivity index (χ1v) is 10.2. The van der Waals surface area contributed by atoms with Gasteiger partial charge >= 0.3 is 0 Å². The lowest BCUT2D eigenvalue weighted by molar-refractivity contribution is -0.915. The molecule has 1 atom stereocenters. The zero-order valence-electron chi connectivity index (χ0n) is 14.7. The van der Waals surface area contributed by atoms with E-state index in [-0.39, 0.29) is 24.3 Å². The molecule has 0 spiro atoms. The van der Waals surface area contributed by atoms with Crippen LogP contribution in [0, 0.1) is 0 Å². The number of nitrogens with one attached hydrogen (secondary N) is 1. The lowest BCUT2D eigenvalue weighted by atomic mass is 10.1. The summed E-state index contributed by atoms with van der Waals surface area (Å²) in [5, 5.41) is 0.725. The summed E-state index contributed by atoms with van der Waals surface area (Å²) in [5.74, 6) is -0.211. The van der Waals surface area contributed by atoms with Gasteiger partial charge in [-0.2, -0.15) is 0 Å². The molecule has 7 heteroatoms. The van der Waals surface area contributed by atoms with Gasteiger partial charge in [0.2, 0.25) is 5.91 Å². The molecule has 140 valence electrons. The Morgan fingerprint density at radius 1 is 1.00 bits per heavy atom. The van der Waals surface area contributed by atoms with Gasteiger partial charge in [0.1, 0.15) is 0 Å². The molecule has 2 aliphatic rings. The van der Waals surface area contributed by atoms with E-state index < -0.39 is 0 Å². The van der Waals surface area contributed by atoms with Crippen molar-refractivity contribution in [3.8, 4) is 0 Å². The maximum absolute atomic E-state index is 13.0. The summed E-state index contributed by atoms with van der Waals surface area (Å²) in [6.07, 6.45) is 0.276. The van der Waals surface area contributed by atoms with E-state index in [0.717, 1.165) is 41.4 Å². The number of anilines is 2. The molecule has 0 aromatic heterocycles. The van der Waals surface area contributed by atoms with Crippen molar-refractivity contribution in [2.24, 2.45) is 0 Å². The van der Waals surface area contributed by atoms with Crippen LogP contribution in [0.4, 0.5) is 11.4 Å². The second-order valence-electron chi connectivity index (χ2n) is 6.93. The number of imide groups is 1. The van der Waals surface area contributed by atoms with Crippen molar-refractivity contribution in [2.75, 3.05) is 36.0 Å². The van der Waals surface area contributed by atoms with Crippen molar-refractivity contribution in [1.29, 1.82) is 0 Å². The molecule has 0 aliphatic carbocycles. The van der Waals surface area contributed by atoms with Crippen molar-refractivity contribution < 1.29 is 14.5 Å². The highest BCUT2D eigenvalue weighted by Crippen LogP contribution is 2.25. The number of amides is 2. The number of carbonyl (C=O) groups excluding carboxylic acids is 2. The van der Waals surface area contributed by atoms with Crippen molar-refractivity contribution in [1.82, 2.24) is 0 Å². The van der Waals surface area contributed by atoms with Crippen LogP contribution >= 0.6 is 27.5 Å². The average molecular weight is 450 g/mol. The molecule has 0 bridgehead atoms. The Kier molecular flexibility index (Phi) is 5.21. The maximum atomic E-state index is 13.0. The molecule has 0 saturated carbocycles. The quantitative estimate of drug-likeness (QED) is 0.730. The minimum Gasteiger partial charge on any atom is -0.360 e. The Labute approximate surface area is 171 Å². The Morgan fingerprint density at radius 2 is 1.70 bits per heavy atom. The molecular weight excluding hydrogens is 430 g/mol. The SMILES string of the molecule is O=C1C[C@H]([NH+]2CCN(c3cccc(Cl)c3)CC2)C(=O)N1c1cccc(Br)c1. The van der Waals surface area contributed by atoms with Crippen LogP contribution in [0.15, 0.2) is 53.0 Å². The molecule has 2 aromatic rings. The van der Waals surface area contributed by atoms with Gasteiger partial charge < -0.3 is 9.80 Å². The fourth-order valence-corrected chi connectivity index (χ4v) is 4.48. The molecule has 1 N–H and O–H groups in total. The summed E-state index contributed by atoms with van der Waals surface area (Å²) in [5.41, 5.74) is 1.74. The summed E-state index contributed by atoms with van der Waals surface area (Å²) in [6, 6.07) is 14.9. The van der Waals surface area contributed by atoms with E-state index in [1.54, 1.807) is 6.07 Å². The van der Waals surface area contributed by atoms with Gasteiger partial charge in [-0.05, 0) is 36.4 Å². The minimum atomic E-state index is -0.294. The number of halogens is 2. The van der Waals surface area contributed by atoms with E-state index in [4.69, 9.17) is 11.6 Å². The Bertz CT molecular complexity index is 883. The van der Waals surface area contributed by atoms with Crippen molar-refractivity contribution >= 4 is 50.7 Å². The summed E-state index contributed by atoms with van der Waals surface area (Å²) in [4.78, 5) is 30.3. The van der Waals surface area contributed by atoms with Gasteiger partial charge in [0.25, 0.3) is 5.91 Å². The highest BCUT2D eigenvalue weighted by molar-refractivity contribution is 9.10. The molecule has 2 heterocycles. The van der Waals surface area contributed by atoms with Crippen LogP contribution in [-0.2, 0) is 9.59 Å². The van der Waals surface area contributed by atoms with Gasteiger partial charge in [-0.1, -0.05) is 39.7 Å². The van der Waals surface area contributed by atoms with E-state index in [1.807, 2.05) is 36.4 Å². The van der Waals surface area contributed by atoms with Crippen LogP contribution in [0.2, 0.25) is 5.02 Å². The molecule has 2 fully saturated rings. The summed E-state index contributed by atoms with van der Waals surface area (Å²) >= 11 is 9.50. The van der Waals surface area contributed by atoms with Crippen LogP contribution in [0.3, 0.4) is 0 Å². The van der Waals surface area contributed by atoms with E-state index >= 15 is 0 Å². The highest BCUT2D eigenvalue weighted by atomic mass is 79.9. The number of piperazine rings is 1. The third kappa shape index (κ3) is 3.74. The Hall–Kier alpha value is -1.89. The number of hydrogen-bond acceptors (Lipinski definition) is 3. The number of hydrogen-bond donors (Lipinski definition) is 1. The topological polar surface area (TPSA) is 45.1 Å². The molecule has 2 aromatic carbocycles. The van der Waals surface area contributed by atoms with Crippen molar-refractivity contribution in [2.45, 2.75) is 12.5 Å². The molecule has 0 radical (unpaired) electrons. The number of nitrogens with zero attached hydrogens (tertiary/aromatic N) is 2. The van der Waals surface area contributed by atoms with Gasteiger partial charge in [0, 0.05) is 15.2 Å². The largest absolute Gasteiger partial charge is 0.360 e. The predicted octanol–water partition coefficient (Wildman–Crippen LogP) is 2.14. The van der Waals surface area contributed by atoms with Crippen LogP contribution < -0.4 is 14.7 Å². The van der Waals surface area contributed by atoms with Crippen LogP contribution in [0.1, 0.15) is 6.42 Å². The standard InChI is InChI=1S/C20H19BrClN3O2/c21-14-3-1-6-17(11-14)25-19(26)13-18(20(25)27)24-9-7-23(8-10-24)16-5-2-4-15(22)12-16/h1-6,11-12,18H,7-10,13H2/p+1/t18-/m0/s1. The third-order valence-corrected chi connectivity index (χ3v) is 6.01. The van der Waals surface area contributed by atoms with Crippen molar-refractivity contribution in [3.63, 3.8) is 0 Å². The fourth-order valence-electron chi connectivity index (χ4n) is 3.91. The fraction of sp³-hybridized carbons (Fsp3) is 0.300. The second-order valence-corrected chi connectivity index (χ2v) is 8.28. The summed E-state index contributed by atoms with van der Waals surface area (Å²) in [6.45, 7) is 3.32. The number of carbonyl (C=O) groups is 2. The van der Waals surface area contributed by atoms with Crippen LogP contribution in [0.25, 0.3) is 0 Å². The molecule has 0 unspecified atom stereocenters. The van der Waals surface area contributed by atoms with Gasteiger partial charge in [-0.3, -0.25) is 9.59 Å². The number of quaternary nitrogens is 1. The van der Waals surface area contributed by atoms with Crippen molar-refractivity contribution in [3.05, 3.63) is 58.0 Å². The smallest absolute Gasteiger partial charge is 0.292 e. The number of rotatable bonds is 3. The molecule has 2 saturated heterocycles. The third-order valence-electron chi connectivity index (χ3n) is 5.28. The monoisotopic (exact) mass is 448 g/mol. The van der Waals surface area contributed by atoms with E-state index in [9.17, 15) is 9.59 Å². The van der Waals surface area contributed by atoms with Crippen LogP contribution in [0.5, 0.6) is 0 Å².